The molecule has 0 saturated carbocycles. The first-order chi connectivity index (χ1) is 10.6. The van der Waals surface area contributed by atoms with Crippen molar-refractivity contribution < 1.29 is 9.72 Å². The van der Waals surface area contributed by atoms with Crippen molar-refractivity contribution in [3.05, 3.63) is 87.5 Å². The highest BCUT2D eigenvalue weighted by Crippen LogP contribution is 2.13. The third kappa shape index (κ3) is 4.24. The molecule has 0 fully saturated rings. The first kappa shape index (κ1) is 15.4. The number of ketones is 1. The van der Waals surface area contributed by atoms with Crippen LogP contribution in [0.15, 0.2) is 66.2 Å². The van der Waals surface area contributed by atoms with Crippen LogP contribution in [0.2, 0.25) is 0 Å². The molecule has 0 N–H and O–H groups in total. The van der Waals surface area contributed by atoms with Crippen LogP contribution in [0.3, 0.4) is 0 Å². The monoisotopic (exact) mass is 293 g/mol. The van der Waals surface area contributed by atoms with E-state index in [1.807, 2.05) is 36.4 Å². The van der Waals surface area contributed by atoms with E-state index in [1.165, 1.54) is 18.2 Å². The van der Waals surface area contributed by atoms with Crippen molar-refractivity contribution >= 4 is 23.6 Å². The normalized spacial score (nSPS) is 11.6. The van der Waals surface area contributed by atoms with E-state index in [4.69, 9.17) is 0 Å². The molecule has 0 spiro atoms. The van der Waals surface area contributed by atoms with Gasteiger partial charge >= 0.3 is 0 Å². The number of hydrogen-bond donors (Lipinski definition) is 0. The number of carbonyl (C=O) groups is 1. The Labute approximate surface area is 128 Å². The lowest BCUT2D eigenvalue weighted by Gasteiger charge is -1.97. The van der Waals surface area contributed by atoms with Crippen LogP contribution in [0.1, 0.15) is 18.1 Å². The topological polar surface area (TPSA) is 60.2 Å². The van der Waals surface area contributed by atoms with Gasteiger partial charge in [0.05, 0.1) is 4.92 Å². The quantitative estimate of drug-likeness (QED) is 0.469. The van der Waals surface area contributed by atoms with Gasteiger partial charge in [0.2, 0.25) is 0 Å². The van der Waals surface area contributed by atoms with Gasteiger partial charge in [0.15, 0.2) is 5.78 Å². The Bertz CT molecular complexity index is 729. The number of carbonyl (C=O) groups excluding carboxylic acids is 1. The summed E-state index contributed by atoms with van der Waals surface area (Å²) in [5.41, 5.74) is 2.37. The second kappa shape index (κ2) is 7.13. The maximum atomic E-state index is 12.0. The third-order valence-electron chi connectivity index (χ3n) is 3.10. The Morgan fingerprint density at radius 3 is 2.23 bits per heavy atom. The van der Waals surface area contributed by atoms with Crippen LogP contribution in [0.4, 0.5) is 5.69 Å². The predicted molar refractivity (Wildman–Crippen MR) is 87.2 cm³/mol. The molecule has 0 bridgehead atoms. The number of nitro groups is 1. The summed E-state index contributed by atoms with van der Waals surface area (Å²) in [5, 5.41) is 10.6. The lowest BCUT2D eigenvalue weighted by Crippen LogP contribution is -1.94. The zero-order chi connectivity index (χ0) is 15.9. The second-order valence-corrected chi connectivity index (χ2v) is 4.78. The van der Waals surface area contributed by atoms with Gasteiger partial charge in [0.25, 0.3) is 5.69 Å². The Balaban J connectivity index is 2.07. The second-order valence-electron chi connectivity index (χ2n) is 4.78. The van der Waals surface area contributed by atoms with E-state index in [-0.39, 0.29) is 11.5 Å². The molecular formula is C18H15NO3. The highest BCUT2D eigenvalue weighted by Gasteiger charge is 2.03. The van der Waals surface area contributed by atoms with Crippen molar-refractivity contribution in [3.63, 3.8) is 0 Å². The summed E-state index contributed by atoms with van der Waals surface area (Å²) < 4.78 is 0. The average molecular weight is 293 g/mol. The van der Waals surface area contributed by atoms with Gasteiger partial charge < -0.3 is 0 Å². The molecule has 2 aromatic rings. The number of nitrogens with zero attached hydrogens (tertiary/aromatic N) is 1. The van der Waals surface area contributed by atoms with E-state index in [1.54, 1.807) is 25.1 Å². The van der Waals surface area contributed by atoms with Crippen LogP contribution in [0.25, 0.3) is 12.2 Å². The van der Waals surface area contributed by atoms with Crippen LogP contribution in [0, 0.1) is 10.1 Å². The standard InChI is InChI=1S/C18H15NO3/c1-14(13-16-5-3-2-4-6-16)18(20)12-9-15-7-10-17(11-8-15)19(21)22/h2-13H,1H3/b12-9+,14-13+. The largest absolute Gasteiger partial charge is 0.290 e. The Hall–Kier alpha value is -3.01. The molecule has 0 saturated heterocycles. The van der Waals surface area contributed by atoms with Crippen LogP contribution in [0.5, 0.6) is 0 Å². The Kier molecular flexibility index (Phi) is 4.98. The molecule has 0 heterocycles. The fourth-order valence-electron chi connectivity index (χ4n) is 1.88. The molecule has 0 aromatic heterocycles. The summed E-state index contributed by atoms with van der Waals surface area (Å²) >= 11 is 0. The molecule has 4 heteroatoms. The number of benzene rings is 2. The number of nitro benzene ring substituents is 1. The summed E-state index contributed by atoms with van der Waals surface area (Å²) in [6.07, 6.45) is 4.94. The van der Waals surface area contributed by atoms with Crippen LogP contribution >= 0.6 is 0 Å². The van der Waals surface area contributed by atoms with Gasteiger partial charge in [-0.15, -0.1) is 0 Å². The Morgan fingerprint density at radius 2 is 1.64 bits per heavy atom. The van der Waals surface area contributed by atoms with Crippen molar-refractivity contribution in [2.45, 2.75) is 6.92 Å². The molecule has 0 radical (unpaired) electrons. The zero-order valence-corrected chi connectivity index (χ0v) is 12.1. The molecule has 110 valence electrons. The van der Waals surface area contributed by atoms with Crippen molar-refractivity contribution in [1.82, 2.24) is 0 Å². The van der Waals surface area contributed by atoms with Gasteiger partial charge in [0, 0.05) is 12.1 Å². The summed E-state index contributed by atoms with van der Waals surface area (Å²) in [6.45, 7) is 1.76. The lowest BCUT2D eigenvalue weighted by atomic mass is 10.1. The van der Waals surface area contributed by atoms with E-state index in [0.29, 0.717) is 5.57 Å². The average Bonchev–Trinajstić information content (AvgIpc) is 2.53. The van der Waals surface area contributed by atoms with Gasteiger partial charge in [-0.2, -0.15) is 0 Å². The minimum atomic E-state index is -0.453. The van der Waals surface area contributed by atoms with Crippen molar-refractivity contribution in [2.24, 2.45) is 0 Å². The number of rotatable bonds is 5. The minimum absolute atomic E-state index is 0.0311. The van der Waals surface area contributed by atoms with E-state index in [9.17, 15) is 14.9 Å². The van der Waals surface area contributed by atoms with Crippen LogP contribution in [-0.4, -0.2) is 10.7 Å². The minimum Gasteiger partial charge on any atom is -0.290 e. The third-order valence-corrected chi connectivity index (χ3v) is 3.10. The highest BCUT2D eigenvalue weighted by atomic mass is 16.6. The zero-order valence-electron chi connectivity index (χ0n) is 12.1. The molecule has 0 unspecified atom stereocenters. The van der Waals surface area contributed by atoms with Gasteiger partial charge in [-0.25, -0.2) is 0 Å². The van der Waals surface area contributed by atoms with Gasteiger partial charge in [-0.3, -0.25) is 14.9 Å². The molecule has 2 aromatic carbocycles. The highest BCUT2D eigenvalue weighted by molar-refractivity contribution is 6.08. The van der Waals surface area contributed by atoms with Crippen LogP contribution < -0.4 is 0 Å². The first-order valence-electron chi connectivity index (χ1n) is 6.76. The maximum Gasteiger partial charge on any atom is 0.269 e. The van der Waals surface area contributed by atoms with Crippen molar-refractivity contribution in [2.75, 3.05) is 0 Å². The molecule has 0 aliphatic rings. The molecule has 22 heavy (non-hydrogen) atoms. The fourth-order valence-corrected chi connectivity index (χ4v) is 1.88. The first-order valence-corrected chi connectivity index (χ1v) is 6.76. The van der Waals surface area contributed by atoms with Gasteiger partial charge in [0.1, 0.15) is 0 Å². The van der Waals surface area contributed by atoms with Crippen molar-refractivity contribution in [3.8, 4) is 0 Å². The van der Waals surface area contributed by atoms with E-state index in [0.717, 1.165) is 11.1 Å². The number of hydrogen-bond acceptors (Lipinski definition) is 3. The van der Waals surface area contributed by atoms with Crippen LogP contribution in [-0.2, 0) is 4.79 Å². The molecule has 0 aliphatic heterocycles. The SMILES string of the molecule is C/C(=C\c1ccccc1)C(=O)/C=C/c1ccc([N+](=O)[O-])cc1. The molecule has 2 rings (SSSR count). The molecular weight excluding hydrogens is 278 g/mol. The lowest BCUT2D eigenvalue weighted by molar-refractivity contribution is -0.384. The van der Waals surface area contributed by atoms with Gasteiger partial charge in [-0.1, -0.05) is 36.4 Å². The summed E-state index contributed by atoms with van der Waals surface area (Å²) in [6, 6.07) is 15.6. The molecule has 0 aliphatic carbocycles. The predicted octanol–water partition coefficient (Wildman–Crippen LogP) is 4.28. The van der Waals surface area contributed by atoms with Crippen molar-refractivity contribution in [1.29, 1.82) is 0 Å². The maximum absolute atomic E-state index is 12.0. The molecule has 0 atom stereocenters. The smallest absolute Gasteiger partial charge is 0.269 e. The number of non-ortho nitro benzene ring substituents is 1. The van der Waals surface area contributed by atoms with E-state index in [2.05, 4.69) is 0 Å². The van der Waals surface area contributed by atoms with E-state index >= 15 is 0 Å². The Morgan fingerprint density at radius 1 is 1.00 bits per heavy atom. The van der Waals surface area contributed by atoms with Gasteiger partial charge in [-0.05, 0) is 47.9 Å². The van der Waals surface area contributed by atoms with E-state index < -0.39 is 4.92 Å². The summed E-state index contributed by atoms with van der Waals surface area (Å²) in [4.78, 5) is 22.1. The molecule has 0 amide bonds. The fraction of sp³-hybridized carbons (Fsp3) is 0.0556. The summed E-state index contributed by atoms with van der Waals surface area (Å²) in [7, 11) is 0. The molecule has 4 nitrogen and oxygen atoms in total. The number of allylic oxidation sites excluding steroid dienone is 2. The summed E-state index contributed by atoms with van der Waals surface area (Å²) in [5.74, 6) is -0.0952.